The van der Waals surface area contributed by atoms with Crippen molar-refractivity contribution in [3.05, 3.63) is 158 Å². The average molecular weight is 683 g/mol. The molecule has 236 valence electrons. The van der Waals surface area contributed by atoms with E-state index in [-0.39, 0.29) is 0 Å². The number of rotatable bonds is 2. The lowest BCUT2D eigenvalue weighted by molar-refractivity contribution is 0.669. The number of benzene rings is 9. The van der Waals surface area contributed by atoms with E-state index >= 15 is 0 Å². The summed E-state index contributed by atoms with van der Waals surface area (Å²) in [5, 5.41) is 15.3. The fraction of sp³-hybridized carbons (Fsp3) is 0. The van der Waals surface area contributed by atoms with Crippen LogP contribution in [-0.2, 0) is 0 Å². The van der Waals surface area contributed by atoms with Crippen molar-refractivity contribution < 1.29 is 4.42 Å². The SMILES string of the molecule is c1ccc2c(c1)ccc1sc3c(-c4c5ccccc5c(-c5ccc6oc7ccccc7c6c5)c5ccccc45)c4c(cc3c12)sc1ccccc14. The summed E-state index contributed by atoms with van der Waals surface area (Å²) < 4.78 is 11.6. The van der Waals surface area contributed by atoms with Gasteiger partial charge in [0, 0.05) is 56.7 Å². The lowest BCUT2D eigenvalue weighted by atomic mass is 9.84. The second-order valence-corrected chi connectivity index (χ2v) is 15.6. The van der Waals surface area contributed by atoms with E-state index in [1.165, 1.54) is 94.9 Å². The van der Waals surface area contributed by atoms with Gasteiger partial charge in [-0.1, -0.05) is 121 Å². The smallest absolute Gasteiger partial charge is 0.135 e. The molecule has 0 radical (unpaired) electrons. The molecule has 1 nitrogen and oxygen atoms in total. The summed E-state index contributed by atoms with van der Waals surface area (Å²) in [4.78, 5) is 0. The molecule has 51 heavy (non-hydrogen) atoms. The Morgan fingerprint density at radius 3 is 1.75 bits per heavy atom. The van der Waals surface area contributed by atoms with Crippen molar-refractivity contribution in [2.45, 2.75) is 0 Å². The first-order valence-electron chi connectivity index (χ1n) is 17.3. The van der Waals surface area contributed by atoms with Crippen molar-refractivity contribution in [1.82, 2.24) is 0 Å². The van der Waals surface area contributed by atoms with Crippen molar-refractivity contribution in [3.63, 3.8) is 0 Å². The maximum Gasteiger partial charge on any atom is 0.135 e. The predicted octanol–water partition coefficient (Wildman–Crippen LogP) is 15.1. The highest BCUT2D eigenvalue weighted by atomic mass is 32.1. The molecule has 0 aliphatic carbocycles. The first-order chi connectivity index (χ1) is 25.3. The quantitative estimate of drug-likeness (QED) is 0.165. The monoisotopic (exact) mass is 682 g/mol. The summed E-state index contributed by atoms with van der Waals surface area (Å²) in [6, 6.07) is 58.1. The largest absolute Gasteiger partial charge is 0.456 e. The van der Waals surface area contributed by atoms with Crippen LogP contribution >= 0.6 is 22.7 Å². The Kier molecular flexibility index (Phi) is 5.59. The number of hydrogen-bond acceptors (Lipinski definition) is 3. The molecule has 0 spiro atoms. The Hall–Kier alpha value is -6.00. The molecule has 0 saturated carbocycles. The van der Waals surface area contributed by atoms with E-state index in [1.807, 2.05) is 28.7 Å². The van der Waals surface area contributed by atoms with E-state index in [4.69, 9.17) is 4.42 Å². The molecule has 0 unspecified atom stereocenters. The predicted molar refractivity (Wildman–Crippen MR) is 223 cm³/mol. The Morgan fingerprint density at radius 2 is 0.961 bits per heavy atom. The first-order valence-corrected chi connectivity index (χ1v) is 19.0. The fourth-order valence-electron chi connectivity index (χ4n) is 8.71. The molecule has 0 amide bonds. The van der Waals surface area contributed by atoms with Gasteiger partial charge in [-0.2, -0.15) is 0 Å². The van der Waals surface area contributed by atoms with Crippen LogP contribution in [0.2, 0.25) is 0 Å². The van der Waals surface area contributed by atoms with Gasteiger partial charge in [0.15, 0.2) is 0 Å². The molecule has 0 fully saturated rings. The fourth-order valence-corrected chi connectivity index (χ4v) is 11.1. The molecule has 12 rings (SSSR count). The summed E-state index contributed by atoms with van der Waals surface area (Å²) >= 11 is 3.85. The Bertz CT molecular complexity index is 3370. The third-order valence-electron chi connectivity index (χ3n) is 10.8. The Balaban J connectivity index is 1.28. The highest BCUT2D eigenvalue weighted by molar-refractivity contribution is 7.28. The van der Waals surface area contributed by atoms with Crippen molar-refractivity contribution in [1.29, 1.82) is 0 Å². The number of thiophene rings is 2. The van der Waals surface area contributed by atoms with Crippen LogP contribution in [0.4, 0.5) is 0 Å². The van der Waals surface area contributed by atoms with Crippen LogP contribution in [0.15, 0.2) is 162 Å². The lowest BCUT2D eigenvalue weighted by Crippen LogP contribution is -1.91. The van der Waals surface area contributed by atoms with E-state index in [9.17, 15) is 0 Å². The Morgan fingerprint density at radius 1 is 0.333 bits per heavy atom. The van der Waals surface area contributed by atoms with Crippen molar-refractivity contribution in [2.75, 3.05) is 0 Å². The zero-order valence-corrected chi connectivity index (χ0v) is 28.9. The van der Waals surface area contributed by atoms with Crippen LogP contribution in [-0.4, -0.2) is 0 Å². The molecular formula is C48H26OS2. The topological polar surface area (TPSA) is 13.1 Å². The Labute approximate surface area is 300 Å². The molecule has 0 N–H and O–H groups in total. The van der Waals surface area contributed by atoms with Gasteiger partial charge in [-0.3, -0.25) is 0 Å². The maximum atomic E-state index is 6.26. The molecule has 3 heterocycles. The highest BCUT2D eigenvalue weighted by Crippen LogP contribution is 2.54. The van der Waals surface area contributed by atoms with Crippen LogP contribution in [0.1, 0.15) is 0 Å². The molecule has 12 aromatic rings. The molecule has 3 aromatic heterocycles. The van der Waals surface area contributed by atoms with Crippen molar-refractivity contribution in [3.8, 4) is 22.3 Å². The van der Waals surface area contributed by atoms with Crippen molar-refractivity contribution in [2.24, 2.45) is 0 Å². The summed E-state index contributed by atoms with van der Waals surface area (Å²) in [6.45, 7) is 0. The molecule has 0 aliphatic rings. The zero-order valence-electron chi connectivity index (χ0n) is 27.2. The molecule has 0 bridgehead atoms. The van der Waals surface area contributed by atoms with Gasteiger partial charge in [0.1, 0.15) is 11.2 Å². The molecule has 0 atom stereocenters. The number of para-hydroxylation sites is 1. The van der Waals surface area contributed by atoms with Gasteiger partial charge in [-0.25, -0.2) is 0 Å². The summed E-state index contributed by atoms with van der Waals surface area (Å²) in [6.07, 6.45) is 0. The van der Waals surface area contributed by atoms with E-state index in [2.05, 4.69) is 152 Å². The van der Waals surface area contributed by atoms with E-state index in [0.29, 0.717) is 0 Å². The molecule has 9 aromatic carbocycles. The second kappa shape index (κ2) is 10.3. The molecule has 0 saturated heterocycles. The third-order valence-corrected chi connectivity index (χ3v) is 13.1. The van der Waals surface area contributed by atoms with Crippen LogP contribution in [0.25, 0.3) is 117 Å². The van der Waals surface area contributed by atoms with E-state index < -0.39 is 0 Å². The number of hydrogen-bond donors (Lipinski definition) is 0. The van der Waals surface area contributed by atoms with Crippen LogP contribution < -0.4 is 0 Å². The second-order valence-electron chi connectivity index (χ2n) is 13.5. The number of furan rings is 1. The summed E-state index contributed by atoms with van der Waals surface area (Å²) in [5.74, 6) is 0. The minimum atomic E-state index is 0.917. The van der Waals surface area contributed by atoms with Crippen molar-refractivity contribution >= 4 is 117 Å². The summed E-state index contributed by atoms with van der Waals surface area (Å²) in [7, 11) is 0. The molecule has 3 heteroatoms. The van der Waals surface area contributed by atoms with Crippen LogP contribution in [0, 0.1) is 0 Å². The van der Waals surface area contributed by atoms with Gasteiger partial charge in [0.05, 0.1) is 0 Å². The van der Waals surface area contributed by atoms with E-state index in [1.54, 1.807) is 0 Å². The van der Waals surface area contributed by atoms with Gasteiger partial charge >= 0.3 is 0 Å². The first kappa shape index (κ1) is 27.8. The van der Waals surface area contributed by atoms with Gasteiger partial charge in [0.25, 0.3) is 0 Å². The van der Waals surface area contributed by atoms with Gasteiger partial charge < -0.3 is 4.42 Å². The summed E-state index contributed by atoms with van der Waals surface area (Å²) in [5.41, 5.74) is 6.96. The average Bonchev–Trinajstić information content (AvgIpc) is 3.87. The molecule has 0 aliphatic heterocycles. The standard InChI is InChI=1S/C48H26OS2/c1-2-12-29-27(11-1)22-24-41-44(29)37-26-42-46(35-18-8-10-20-40(35)50-42)47(48(37)51-41)45-33-16-5-3-14-31(33)43(32-15-4-6-17-34(32)45)28-21-23-39-36(25-28)30-13-7-9-19-38(30)49-39/h1-26H. The normalized spacial score (nSPS) is 12.3. The zero-order chi connectivity index (χ0) is 33.2. The molecular weight excluding hydrogens is 657 g/mol. The van der Waals surface area contributed by atoms with Gasteiger partial charge in [0.2, 0.25) is 0 Å². The van der Waals surface area contributed by atoms with Gasteiger partial charge in [-0.15, -0.1) is 22.7 Å². The lowest BCUT2D eigenvalue weighted by Gasteiger charge is -2.19. The van der Waals surface area contributed by atoms with Crippen LogP contribution in [0.3, 0.4) is 0 Å². The minimum absolute atomic E-state index is 0.917. The van der Waals surface area contributed by atoms with Crippen LogP contribution in [0.5, 0.6) is 0 Å². The number of fused-ring (bicyclic) bond motifs is 13. The van der Waals surface area contributed by atoms with E-state index in [0.717, 1.165) is 21.9 Å². The minimum Gasteiger partial charge on any atom is -0.456 e. The van der Waals surface area contributed by atoms with Gasteiger partial charge in [-0.05, 0) is 85.4 Å². The highest BCUT2D eigenvalue weighted by Gasteiger charge is 2.24. The third kappa shape index (κ3) is 3.80. The maximum absolute atomic E-state index is 6.26.